The molecule has 2 rings (SSSR count). The van der Waals surface area contributed by atoms with E-state index in [2.05, 4.69) is 0 Å². The van der Waals surface area contributed by atoms with Gasteiger partial charge in [0, 0.05) is 24.5 Å². The van der Waals surface area contributed by atoms with Crippen LogP contribution in [0.1, 0.15) is 23.2 Å². The van der Waals surface area contributed by atoms with E-state index in [9.17, 15) is 13.6 Å². The van der Waals surface area contributed by atoms with Crippen molar-refractivity contribution in [3.05, 3.63) is 35.4 Å². The van der Waals surface area contributed by atoms with Crippen LogP contribution in [0, 0.1) is 11.6 Å². The SMILES string of the molecule is O=C(CCC1OCCO1)c1cc(F)cc(F)c1. The molecule has 0 unspecified atom stereocenters. The highest BCUT2D eigenvalue weighted by Gasteiger charge is 2.18. The summed E-state index contributed by atoms with van der Waals surface area (Å²) in [6.07, 6.45) is 0.169. The summed E-state index contributed by atoms with van der Waals surface area (Å²) in [5.74, 6) is -1.81. The van der Waals surface area contributed by atoms with Gasteiger partial charge in [0.2, 0.25) is 0 Å². The topological polar surface area (TPSA) is 35.5 Å². The molecule has 1 heterocycles. The number of benzene rings is 1. The summed E-state index contributed by atoms with van der Waals surface area (Å²) in [6.45, 7) is 1.04. The fourth-order valence-electron chi connectivity index (χ4n) is 1.68. The predicted molar refractivity (Wildman–Crippen MR) is 55.6 cm³/mol. The molecule has 0 saturated carbocycles. The molecule has 1 saturated heterocycles. The molecule has 1 fully saturated rings. The zero-order valence-electron chi connectivity index (χ0n) is 9.12. The van der Waals surface area contributed by atoms with Crippen molar-refractivity contribution in [2.24, 2.45) is 0 Å². The van der Waals surface area contributed by atoms with Gasteiger partial charge in [-0.2, -0.15) is 0 Å². The van der Waals surface area contributed by atoms with E-state index in [1.54, 1.807) is 0 Å². The lowest BCUT2D eigenvalue weighted by Gasteiger charge is -2.07. The molecule has 92 valence electrons. The fraction of sp³-hybridized carbons (Fsp3) is 0.417. The molecule has 0 radical (unpaired) electrons. The van der Waals surface area contributed by atoms with E-state index in [1.807, 2.05) is 0 Å². The smallest absolute Gasteiger partial charge is 0.163 e. The predicted octanol–water partition coefficient (Wildman–Crippen LogP) is 2.30. The van der Waals surface area contributed by atoms with Crippen molar-refractivity contribution in [2.75, 3.05) is 13.2 Å². The summed E-state index contributed by atoms with van der Waals surface area (Å²) in [5, 5.41) is 0. The van der Waals surface area contributed by atoms with Gasteiger partial charge >= 0.3 is 0 Å². The number of carbonyl (C=O) groups excluding carboxylic acids is 1. The van der Waals surface area contributed by atoms with Crippen LogP contribution in [-0.2, 0) is 9.47 Å². The third-order valence-electron chi connectivity index (χ3n) is 2.48. The molecule has 1 aromatic carbocycles. The third kappa shape index (κ3) is 3.31. The number of rotatable bonds is 4. The largest absolute Gasteiger partial charge is 0.350 e. The van der Waals surface area contributed by atoms with Gasteiger partial charge in [-0.25, -0.2) is 8.78 Å². The van der Waals surface area contributed by atoms with Crippen LogP contribution in [-0.4, -0.2) is 25.3 Å². The molecule has 0 aromatic heterocycles. The molecule has 0 aliphatic carbocycles. The van der Waals surface area contributed by atoms with Gasteiger partial charge in [0.25, 0.3) is 0 Å². The van der Waals surface area contributed by atoms with Gasteiger partial charge in [-0.05, 0) is 12.1 Å². The average Bonchev–Trinajstić information content (AvgIpc) is 2.77. The molecular weight excluding hydrogens is 230 g/mol. The Labute approximate surface area is 97.3 Å². The normalized spacial score (nSPS) is 16.4. The first-order valence-corrected chi connectivity index (χ1v) is 5.37. The molecule has 17 heavy (non-hydrogen) atoms. The molecule has 1 aliphatic rings. The molecule has 5 heteroatoms. The maximum absolute atomic E-state index is 12.9. The maximum Gasteiger partial charge on any atom is 0.163 e. The van der Waals surface area contributed by atoms with Crippen molar-refractivity contribution in [1.82, 2.24) is 0 Å². The molecule has 0 spiro atoms. The first kappa shape index (κ1) is 12.1. The minimum absolute atomic E-state index is 0.0421. The maximum atomic E-state index is 12.9. The summed E-state index contributed by atoms with van der Waals surface area (Å²) in [7, 11) is 0. The second-order valence-corrected chi connectivity index (χ2v) is 3.79. The van der Waals surface area contributed by atoms with E-state index in [4.69, 9.17) is 9.47 Å². The molecule has 0 atom stereocenters. The number of hydrogen-bond donors (Lipinski definition) is 0. The van der Waals surface area contributed by atoms with Gasteiger partial charge < -0.3 is 9.47 Å². The Hall–Kier alpha value is -1.33. The van der Waals surface area contributed by atoms with Gasteiger partial charge in [-0.3, -0.25) is 4.79 Å². The number of ether oxygens (including phenoxy) is 2. The van der Waals surface area contributed by atoms with Crippen molar-refractivity contribution in [2.45, 2.75) is 19.1 Å². The monoisotopic (exact) mass is 242 g/mol. The van der Waals surface area contributed by atoms with E-state index in [-0.39, 0.29) is 24.1 Å². The molecule has 1 aromatic rings. The number of halogens is 2. The highest BCUT2D eigenvalue weighted by Crippen LogP contribution is 2.15. The average molecular weight is 242 g/mol. The quantitative estimate of drug-likeness (QED) is 0.760. The van der Waals surface area contributed by atoms with Crippen LogP contribution < -0.4 is 0 Å². The second kappa shape index (κ2) is 5.33. The Bertz CT molecular complexity index is 394. The van der Waals surface area contributed by atoms with Gasteiger partial charge in [0.05, 0.1) is 13.2 Å². The highest BCUT2D eigenvalue weighted by molar-refractivity contribution is 5.96. The van der Waals surface area contributed by atoms with Gasteiger partial charge in [0.15, 0.2) is 12.1 Å². The first-order chi connectivity index (χ1) is 8.15. The molecule has 0 N–H and O–H groups in total. The standard InChI is InChI=1S/C12H12F2O3/c13-9-5-8(6-10(14)7-9)11(15)1-2-12-16-3-4-17-12/h5-7,12H,1-4H2. The lowest BCUT2D eigenvalue weighted by molar-refractivity contribution is -0.0464. The number of carbonyl (C=O) groups is 1. The van der Waals surface area contributed by atoms with Crippen LogP contribution in [0.25, 0.3) is 0 Å². The Morgan fingerprint density at radius 3 is 2.35 bits per heavy atom. The minimum Gasteiger partial charge on any atom is -0.350 e. The highest BCUT2D eigenvalue weighted by atomic mass is 19.1. The summed E-state index contributed by atoms with van der Waals surface area (Å²) < 4.78 is 36.1. The molecule has 0 bridgehead atoms. The zero-order valence-corrected chi connectivity index (χ0v) is 9.12. The van der Waals surface area contributed by atoms with Crippen LogP contribution in [0.5, 0.6) is 0 Å². The van der Waals surface area contributed by atoms with Crippen molar-refractivity contribution < 1.29 is 23.0 Å². The summed E-state index contributed by atoms with van der Waals surface area (Å²) in [4.78, 5) is 11.7. The van der Waals surface area contributed by atoms with Gasteiger partial charge in [0.1, 0.15) is 11.6 Å². The van der Waals surface area contributed by atoms with E-state index < -0.39 is 11.6 Å². The van der Waals surface area contributed by atoms with Crippen molar-refractivity contribution in [3.8, 4) is 0 Å². The van der Waals surface area contributed by atoms with Gasteiger partial charge in [-0.1, -0.05) is 0 Å². The Morgan fingerprint density at radius 1 is 1.18 bits per heavy atom. The van der Waals surface area contributed by atoms with Crippen molar-refractivity contribution in [1.29, 1.82) is 0 Å². The van der Waals surface area contributed by atoms with Crippen LogP contribution in [0.3, 0.4) is 0 Å². The summed E-state index contributed by atoms with van der Waals surface area (Å²) in [5.41, 5.74) is 0.0421. The summed E-state index contributed by atoms with van der Waals surface area (Å²) >= 11 is 0. The lowest BCUT2D eigenvalue weighted by atomic mass is 10.1. The van der Waals surface area contributed by atoms with E-state index >= 15 is 0 Å². The van der Waals surface area contributed by atoms with Gasteiger partial charge in [-0.15, -0.1) is 0 Å². The number of ketones is 1. The van der Waals surface area contributed by atoms with Crippen LogP contribution in [0.15, 0.2) is 18.2 Å². The molecule has 1 aliphatic heterocycles. The number of Topliss-reactive ketones (excluding diaryl/α,β-unsaturated/α-hetero) is 1. The summed E-state index contributed by atoms with van der Waals surface area (Å²) in [6, 6.07) is 2.80. The van der Waals surface area contributed by atoms with E-state index in [0.717, 1.165) is 18.2 Å². The Kier molecular flexibility index (Phi) is 3.81. The van der Waals surface area contributed by atoms with Crippen LogP contribution in [0.4, 0.5) is 8.78 Å². The van der Waals surface area contributed by atoms with Crippen molar-refractivity contribution in [3.63, 3.8) is 0 Å². The Morgan fingerprint density at radius 2 is 1.76 bits per heavy atom. The molecular formula is C12H12F2O3. The molecule has 0 amide bonds. The van der Waals surface area contributed by atoms with E-state index in [0.29, 0.717) is 19.6 Å². The van der Waals surface area contributed by atoms with Crippen LogP contribution >= 0.6 is 0 Å². The second-order valence-electron chi connectivity index (χ2n) is 3.79. The third-order valence-corrected chi connectivity index (χ3v) is 2.48. The van der Waals surface area contributed by atoms with Crippen LogP contribution in [0.2, 0.25) is 0 Å². The zero-order chi connectivity index (χ0) is 12.3. The molecule has 3 nitrogen and oxygen atoms in total. The lowest BCUT2D eigenvalue weighted by Crippen LogP contribution is -2.11. The number of hydrogen-bond acceptors (Lipinski definition) is 3. The fourth-order valence-corrected chi connectivity index (χ4v) is 1.68. The van der Waals surface area contributed by atoms with Crippen molar-refractivity contribution >= 4 is 5.78 Å². The first-order valence-electron chi connectivity index (χ1n) is 5.37. The minimum atomic E-state index is -0.748. The Balaban J connectivity index is 1.94. The van der Waals surface area contributed by atoms with E-state index in [1.165, 1.54) is 0 Å².